The van der Waals surface area contributed by atoms with Crippen molar-refractivity contribution in [3.8, 4) is 11.3 Å². The molecule has 1 saturated heterocycles. The highest BCUT2D eigenvalue weighted by Gasteiger charge is 2.42. The predicted octanol–water partition coefficient (Wildman–Crippen LogP) is 4.78. The van der Waals surface area contributed by atoms with Crippen LogP contribution in [0.1, 0.15) is 37.9 Å². The van der Waals surface area contributed by atoms with Crippen LogP contribution in [0.25, 0.3) is 11.3 Å². The summed E-state index contributed by atoms with van der Waals surface area (Å²) in [7, 11) is 0. The van der Waals surface area contributed by atoms with E-state index >= 15 is 0 Å². The minimum absolute atomic E-state index is 0.167. The van der Waals surface area contributed by atoms with E-state index in [4.69, 9.17) is 9.97 Å². The molecule has 2 aliphatic rings. The molecular formula is C25H26FN5O. The Kier molecular flexibility index (Phi) is 5.55. The third-order valence-corrected chi connectivity index (χ3v) is 6.40. The fourth-order valence-electron chi connectivity index (χ4n) is 4.35. The van der Waals surface area contributed by atoms with Gasteiger partial charge in [0, 0.05) is 54.6 Å². The van der Waals surface area contributed by atoms with Crippen molar-refractivity contribution in [2.24, 2.45) is 11.8 Å². The van der Waals surface area contributed by atoms with Gasteiger partial charge in [-0.15, -0.1) is 0 Å². The summed E-state index contributed by atoms with van der Waals surface area (Å²) >= 11 is 0. The maximum atomic E-state index is 13.7. The number of halogens is 1. The highest BCUT2D eigenvalue weighted by atomic mass is 19.1. The summed E-state index contributed by atoms with van der Waals surface area (Å²) < 4.78 is 13.7. The van der Waals surface area contributed by atoms with E-state index in [9.17, 15) is 9.18 Å². The van der Waals surface area contributed by atoms with Crippen LogP contribution in [-0.4, -0.2) is 38.8 Å². The van der Waals surface area contributed by atoms with E-state index in [1.807, 2.05) is 23.1 Å². The molecule has 0 spiro atoms. The van der Waals surface area contributed by atoms with Crippen LogP contribution in [0.3, 0.4) is 0 Å². The van der Waals surface area contributed by atoms with E-state index in [1.165, 1.54) is 12.1 Å². The van der Waals surface area contributed by atoms with Crippen LogP contribution in [0.5, 0.6) is 0 Å². The Morgan fingerprint density at radius 3 is 2.62 bits per heavy atom. The molecule has 2 atom stereocenters. The van der Waals surface area contributed by atoms with Gasteiger partial charge in [0.1, 0.15) is 17.5 Å². The lowest BCUT2D eigenvalue weighted by Gasteiger charge is -2.31. The number of nitrogens with one attached hydrogen (secondary N) is 1. The first kappa shape index (κ1) is 20.5. The van der Waals surface area contributed by atoms with Gasteiger partial charge in [-0.05, 0) is 55.5 Å². The van der Waals surface area contributed by atoms with E-state index in [-0.39, 0.29) is 17.7 Å². The molecule has 3 heterocycles. The topological polar surface area (TPSA) is 71.0 Å². The molecular weight excluding hydrogens is 405 g/mol. The number of hydrogen-bond acceptors (Lipinski definition) is 5. The highest BCUT2D eigenvalue weighted by molar-refractivity contribution is 5.81. The summed E-state index contributed by atoms with van der Waals surface area (Å²) in [5.74, 6) is 2.27. The van der Waals surface area contributed by atoms with Gasteiger partial charge in [0.2, 0.25) is 5.91 Å². The number of anilines is 2. The number of carbonyl (C=O) groups is 1. The number of benzene rings is 1. The van der Waals surface area contributed by atoms with Gasteiger partial charge >= 0.3 is 0 Å². The SMILES string of the molecule is C[C@H]1C[C@H]1C(=O)N1CCC(c2nc(Nc3cccc(F)c3)cc(-c3cccnc3)n2)CC1. The first-order chi connectivity index (χ1) is 15.6. The van der Waals surface area contributed by atoms with Crippen molar-refractivity contribution in [2.75, 3.05) is 18.4 Å². The van der Waals surface area contributed by atoms with E-state index < -0.39 is 0 Å². The summed E-state index contributed by atoms with van der Waals surface area (Å²) in [5, 5.41) is 3.21. The summed E-state index contributed by atoms with van der Waals surface area (Å²) in [6.45, 7) is 3.61. The molecule has 2 aromatic heterocycles. The van der Waals surface area contributed by atoms with Gasteiger partial charge in [-0.1, -0.05) is 13.0 Å². The molecule has 7 heteroatoms. The molecule has 32 heavy (non-hydrogen) atoms. The van der Waals surface area contributed by atoms with Crippen LogP contribution >= 0.6 is 0 Å². The predicted molar refractivity (Wildman–Crippen MR) is 121 cm³/mol. The standard InChI is InChI=1S/C25H26FN5O/c1-16-12-21(16)25(32)31-10-7-17(8-11-31)24-29-22(18-4-3-9-27-15-18)14-23(30-24)28-20-6-2-5-19(26)13-20/h2-6,9,13-17,21H,7-8,10-12H2,1H3,(H,28,29,30)/t16-,21+/m0/s1. The van der Waals surface area contributed by atoms with Gasteiger partial charge in [0.05, 0.1) is 5.69 Å². The molecule has 164 valence electrons. The Balaban J connectivity index is 1.39. The van der Waals surface area contributed by atoms with Crippen molar-refractivity contribution in [1.82, 2.24) is 19.9 Å². The molecule has 1 aromatic carbocycles. The molecule has 1 N–H and O–H groups in total. The van der Waals surface area contributed by atoms with Crippen LogP contribution in [0, 0.1) is 17.7 Å². The van der Waals surface area contributed by atoms with E-state index in [1.54, 1.807) is 24.5 Å². The monoisotopic (exact) mass is 431 g/mol. The first-order valence-electron chi connectivity index (χ1n) is 11.2. The van der Waals surface area contributed by atoms with Crippen LogP contribution in [-0.2, 0) is 4.79 Å². The summed E-state index contributed by atoms with van der Waals surface area (Å²) in [4.78, 5) is 28.4. The van der Waals surface area contributed by atoms with Gasteiger partial charge in [-0.3, -0.25) is 9.78 Å². The number of nitrogens with zero attached hydrogens (tertiary/aromatic N) is 4. The number of carbonyl (C=O) groups excluding carboxylic acids is 1. The molecule has 6 nitrogen and oxygen atoms in total. The number of hydrogen-bond donors (Lipinski definition) is 1. The van der Waals surface area contributed by atoms with Crippen molar-refractivity contribution < 1.29 is 9.18 Å². The molecule has 0 radical (unpaired) electrons. The molecule has 0 unspecified atom stereocenters. The lowest BCUT2D eigenvalue weighted by molar-refractivity contribution is -0.133. The Morgan fingerprint density at radius 1 is 1.12 bits per heavy atom. The maximum absolute atomic E-state index is 13.7. The summed E-state index contributed by atoms with van der Waals surface area (Å²) in [6, 6.07) is 12.0. The number of aromatic nitrogens is 3. The smallest absolute Gasteiger partial charge is 0.225 e. The Hall–Kier alpha value is -3.35. The zero-order chi connectivity index (χ0) is 22.1. The van der Waals surface area contributed by atoms with Gasteiger partial charge in [-0.2, -0.15) is 0 Å². The van der Waals surface area contributed by atoms with Crippen LogP contribution in [0.4, 0.5) is 15.9 Å². The van der Waals surface area contributed by atoms with E-state index in [0.717, 1.165) is 49.4 Å². The number of piperidine rings is 1. The van der Waals surface area contributed by atoms with E-state index in [0.29, 0.717) is 23.3 Å². The Morgan fingerprint density at radius 2 is 1.94 bits per heavy atom. The minimum Gasteiger partial charge on any atom is -0.342 e. The molecule has 5 rings (SSSR count). The van der Waals surface area contributed by atoms with Crippen LogP contribution < -0.4 is 5.32 Å². The first-order valence-corrected chi connectivity index (χ1v) is 11.2. The quantitative estimate of drug-likeness (QED) is 0.629. The molecule has 0 bridgehead atoms. The molecule has 2 fully saturated rings. The van der Waals surface area contributed by atoms with Crippen LogP contribution in [0.2, 0.25) is 0 Å². The zero-order valence-electron chi connectivity index (χ0n) is 18.0. The lowest BCUT2D eigenvalue weighted by Crippen LogP contribution is -2.39. The molecule has 3 aromatic rings. The van der Waals surface area contributed by atoms with Crippen molar-refractivity contribution in [3.05, 3.63) is 66.5 Å². The second-order valence-electron chi connectivity index (χ2n) is 8.79. The third kappa shape index (κ3) is 4.47. The van der Waals surface area contributed by atoms with Crippen molar-refractivity contribution in [3.63, 3.8) is 0 Å². The third-order valence-electron chi connectivity index (χ3n) is 6.40. The Labute approximate surface area is 186 Å². The minimum atomic E-state index is -0.307. The maximum Gasteiger partial charge on any atom is 0.225 e. The average molecular weight is 432 g/mol. The fourth-order valence-corrected chi connectivity index (χ4v) is 4.35. The van der Waals surface area contributed by atoms with E-state index in [2.05, 4.69) is 17.2 Å². The van der Waals surface area contributed by atoms with Crippen molar-refractivity contribution in [2.45, 2.75) is 32.1 Å². The largest absolute Gasteiger partial charge is 0.342 e. The average Bonchev–Trinajstić information content (AvgIpc) is 3.55. The normalized spacial score (nSPS) is 20.8. The molecule has 1 aliphatic heterocycles. The Bertz CT molecular complexity index is 1110. The fraction of sp³-hybridized carbons (Fsp3) is 0.360. The molecule has 1 saturated carbocycles. The number of pyridine rings is 1. The number of rotatable bonds is 5. The van der Waals surface area contributed by atoms with Gasteiger partial charge in [0.25, 0.3) is 0 Å². The van der Waals surface area contributed by atoms with Gasteiger partial charge in [-0.25, -0.2) is 14.4 Å². The van der Waals surface area contributed by atoms with Crippen molar-refractivity contribution in [1.29, 1.82) is 0 Å². The lowest BCUT2D eigenvalue weighted by atomic mass is 9.95. The van der Waals surface area contributed by atoms with Gasteiger partial charge < -0.3 is 10.2 Å². The number of likely N-dealkylation sites (tertiary alicyclic amines) is 1. The second kappa shape index (κ2) is 8.65. The second-order valence-corrected chi connectivity index (χ2v) is 8.79. The van der Waals surface area contributed by atoms with Crippen LogP contribution in [0.15, 0.2) is 54.9 Å². The van der Waals surface area contributed by atoms with Gasteiger partial charge in [0.15, 0.2) is 0 Å². The number of amides is 1. The van der Waals surface area contributed by atoms with Crippen molar-refractivity contribution >= 4 is 17.4 Å². The zero-order valence-corrected chi connectivity index (χ0v) is 18.0. The highest BCUT2D eigenvalue weighted by Crippen LogP contribution is 2.40. The summed E-state index contributed by atoms with van der Waals surface area (Å²) in [5.41, 5.74) is 2.30. The molecule has 1 amide bonds. The molecule has 1 aliphatic carbocycles. The summed E-state index contributed by atoms with van der Waals surface area (Å²) in [6.07, 6.45) is 6.19.